The number of nitrogens with zero attached hydrogens (tertiary/aromatic N) is 3. The lowest BCUT2D eigenvalue weighted by molar-refractivity contribution is 0.587. The smallest absolute Gasteiger partial charge is 0.137 e. The average Bonchev–Trinajstić information content (AvgIpc) is 3.04. The van der Waals surface area contributed by atoms with Crippen molar-refractivity contribution in [2.75, 3.05) is 7.05 Å². The third kappa shape index (κ3) is 2.27. The summed E-state index contributed by atoms with van der Waals surface area (Å²) in [5.74, 6) is 0. The number of aromatic nitrogens is 3. The Labute approximate surface area is 112 Å². The fraction of sp³-hybridized carbons (Fsp3) is 0.267. The molecule has 0 fully saturated rings. The molecule has 3 heterocycles. The molecule has 0 saturated carbocycles. The first-order valence-corrected chi connectivity index (χ1v) is 6.53. The number of nitrogens with one attached hydrogen (secondary N) is 1. The molecule has 0 aromatic carbocycles. The summed E-state index contributed by atoms with van der Waals surface area (Å²) in [6.07, 6.45) is 6.22. The Kier molecular flexibility index (Phi) is 3.09. The van der Waals surface area contributed by atoms with Crippen molar-refractivity contribution < 1.29 is 0 Å². The van der Waals surface area contributed by atoms with Crippen LogP contribution in [0.4, 0.5) is 0 Å². The normalized spacial score (nSPS) is 12.9. The van der Waals surface area contributed by atoms with Crippen LogP contribution >= 0.6 is 0 Å². The number of fused-ring (bicyclic) bond motifs is 1. The highest BCUT2D eigenvalue weighted by atomic mass is 15.1. The van der Waals surface area contributed by atoms with E-state index in [0.29, 0.717) is 6.04 Å². The fourth-order valence-corrected chi connectivity index (χ4v) is 2.35. The molecule has 0 aliphatic carbocycles. The molecular formula is C15H18N4. The molecule has 3 rings (SSSR count). The highest BCUT2D eigenvalue weighted by Crippen LogP contribution is 2.15. The largest absolute Gasteiger partial charge is 0.344 e. The Balaban J connectivity index is 1.90. The van der Waals surface area contributed by atoms with Crippen LogP contribution in [0.1, 0.15) is 24.4 Å². The molecular weight excluding hydrogens is 236 g/mol. The van der Waals surface area contributed by atoms with Gasteiger partial charge < -0.3 is 14.3 Å². The molecule has 1 unspecified atom stereocenters. The maximum atomic E-state index is 4.64. The predicted octanol–water partition coefficient (Wildman–Crippen LogP) is 2.46. The first kappa shape index (κ1) is 12.0. The molecule has 1 N–H and O–H groups in total. The minimum absolute atomic E-state index is 0.340. The quantitative estimate of drug-likeness (QED) is 0.776. The second-order valence-electron chi connectivity index (χ2n) is 4.77. The van der Waals surface area contributed by atoms with Gasteiger partial charge in [0, 0.05) is 30.3 Å². The monoisotopic (exact) mass is 254 g/mol. The second-order valence-corrected chi connectivity index (χ2v) is 4.77. The molecule has 0 spiro atoms. The van der Waals surface area contributed by atoms with E-state index in [0.717, 1.165) is 17.9 Å². The van der Waals surface area contributed by atoms with E-state index in [4.69, 9.17) is 0 Å². The summed E-state index contributed by atoms with van der Waals surface area (Å²) in [6, 6.07) is 10.6. The lowest BCUT2D eigenvalue weighted by atomic mass is 10.2. The van der Waals surface area contributed by atoms with Crippen molar-refractivity contribution >= 4 is 5.65 Å². The Morgan fingerprint density at radius 3 is 2.89 bits per heavy atom. The molecule has 0 radical (unpaired) electrons. The van der Waals surface area contributed by atoms with Crippen LogP contribution in [0.3, 0.4) is 0 Å². The van der Waals surface area contributed by atoms with Crippen molar-refractivity contribution in [2.24, 2.45) is 0 Å². The van der Waals surface area contributed by atoms with Crippen LogP contribution in [0.5, 0.6) is 0 Å². The molecule has 0 bridgehead atoms. The van der Waals surface area contributed by atoms with Crippen LogP contribution in [0, 0.1) is 0 Å². The number of rotatable bonds is 4. The van der Waals surface area contributed by atoms with Gasteiger partial charge in [0.25, 0.3) is 0 Å². The maximum absolute atomic E-state index is 4.64. The van der Waals surface area contributed by atoms with E-state index in [-0.39, 0.29) is 0 Å². The molecule has 1 atom stereocenters. The zero-order valence-electron chi connectivity index (χ0n) is 11.2. The van der Waals surface area contributed by atoms with Crippen LogP contribution in [0.25, 0.3) is 5.65 Å². The van der Waals surface area contributed by atoms with Crippen LogP contribution < -0.4 is 5.32 Å². The van der Waals surface area contributed by atoms with Gasteiger partial charge in [0.05, 0.1) is 12.2 Å². The highest BCUT2D eigenvalue weighted by molar-refractivity contribution is 5.39. The van der Waals surface area contributed by atoms with E-state index < -0.39 is 0 Å². The Hall–Kier alpha value is -2.07. The first-order chi connectivity index (χ1) is 9.28. The lowest BCUT2D eigenvalue weighted by Gasteiger charge is -2.13. The van der Waals surface area contributed by atoms with Crippen LogP contribution in [-0.4, -0.2) is 21.0 Å². The van der Waals surface area contributed by atoms with Crippen molar-refractivity contribution in [1.29, 1.82) is 0 Å². The molecule has 3 aromatic heterocycles. The third-order valence-corrected chi connectivity index (χ3v) is 3.49. The molecule has 4 heteroatoms. The minimum atomic E-state index is 0.340. The molecule has 0 aliphatic rings. The van der Waals surface area contributed by atoms with Crippen LogP contribution in [-0.2, 0) is 6.54 Å². The van der Waals surface area contributed by atoms with Gasteiger partial charge in [-0.1, -0.05) is 6.07 Å². The third-order valence-electron chi connectivity index (χ3n) is 3.49. The van der Waals surface area contributed by atoms with E-state index >= 15 is 0 Å². The van der Waals surface area contributed by atoms with Gasteiger partial charge in [-0.15, -0.1) is 0 Å². The van der Waals surface area contributed by atoms with Gasteiger partial charge in [-0.2, -0.15) is 0 Å². The first-order valence-electron chi connectivity index (χ1n) is 6.53. The van der Waals surface area contributed by atoms with Crippen molar-refractivity contribution in [1.82, 2.24) is 19.3 Å². The molecule has 0 amide bonds. The van der Waals surface area contributed by atoms with Gasteiger partial charge >= 0.3 is 0 Å². The van der Waals surface area contributed by atoms with E-state index in [1.807, 2.05) is 31.4 Å². The van der Waals surface area contributed by atoms with E-state index in [9.17, 15) is 0 Å². The molecule has 3 aromatic rings. The van der Waals surface area contributed by atoms with Gasteiger partial charge in [-0.3, -0.25) is 0 Å². The molecule has 4 nitrogen and oxygen atoms in total. The fourth-order valence-electron chi connectivity index (χ4n) is 2.35. The second kappa shape index (κ2) is 4.90. The van der Waals surface area contributed by atoms with E-state index in [1.165, 1.54) is 5.69 Å². The molecule has 19 heavy (non-hydrogen) atoms. The van der Waals surface area contributed by atoms with Gasteiger partial charge in [0.1, 0.15) is 5.65 Å². The molecule has 98 valence electrons. The minimum Gasteiger partial charge on any atom is -0.344 e. The van der Waals surface area contributed by atoms with Gasteiger partial charge in [0.2, 0.25) is 0 Å². The Morgan fingerprint density at radius 2 is 2.11 bits per heavy atom. The van der Waals surface area contributed by atoms with Crippen molar-refractivity contribution in [2.45, 2.75) is 19.5 Å². The highest BCUT2D eigenvalue weighted by Gasteiger charge is 2.09. The van der Waals surface area contributed by atoms with Crippen molar-refractivity contribution in [3.05, 3.63) is 60.3 Å². The standard InChI is InChI=1S/C15H18N4/c1-12(16-2)14-6-5-9-18(14)10-13-11-19-8-4-3-7-15(19)17-13/h3-9,11-12,16H,10H2,1-2H3. The predicted molar refractivity (Wildman–Crippen MR) is 76.2 cm³/mol. The number of pyridine rings is 1. The number of imidazole rings is 1. The van der Waals surface area contributed by atoms with E-state index in [1.54, 1.807) is 0 Å². The van der Waals surface area contributed by atoms with Gasteiger partial charge in [0.15, 0.2) is 0 Å². The summed E-state index contributed by atoms with van der Waals surface area (Å²) < 4.78 is 4.29. The Morgan fingerprint density at radius 1 is 1.21 bits per heavy atom. The average molecular weight is 254 g/mol. The Bertz CT molecular complexity index is 647. The van der Waals surface area contributed by atoms with Crippen molar-refractivity contribution in [3.8, 4) is 0 Å². The summed E-state index contributed by atoms with van der Waals surface area (Å²) in [5.41, 5.74) is 3.35. The van der Waals surface area contributed by atoms with Crippen LogP contribution in [0.15, 0.2) is 48.9 Å². The number of hydrogen-bond donors (Lipinski definition) is 1. The van der Waals surface area contributed by atoms with E-state index in [2.05, 4.69) is 50.7 Å². The summed E-state index contributed by atoms with van der Waals surface area (Å²) in [5, 5.41) is 3.27. The lowest BCUT2D eigenvalue weighted by Crippen LogP contribution is -2.17. The van der Waals surface area contributed by atoms with Crippen LogP contribution in [0.2, 0.25) is 0 Å². The summed E-state index contributed by atoms with van der Waals surface area (Å²) in [7, 11) is 1.98. The van der Waals surface area contributed by atoms with Gasteiger partial charge in [-0.05, 0) is 38.2 Å². The maximum Gasteiger partial charge on any atom is 0.137 e. The van der Waals surface area contributed by atoms with Gasteiger partial charge in [-0.25, -0.2) is 4.98 Å². The summed E-state index contributed by atoms with van der Waals surface area (Å²) >= 11 is 0. The zero-order chi connectivity index (χ0) is 13.2. The zero-order valence-corrected chi connectivity index (χ0v) is 11.2. The molecule has 0 aliphatic heterocycles. The topological polar surface area (TPSA) is 34.3 Å². The van der Waals surface area contributed by atoms with Crippen molar-refractivity contribution in [3.63, 3.8) is 0 Å². The summed E-state index contributed by atoms with van der Waals surface area (Å²) in [4.78, 5) is 4.64. The molecule has 0 saturated heterocycles. The summed E-state index contributed by atoms with van der Waals surface area (Å²) in [6.45, 7) is 2.96. The number of hydrogen-bond acceptors (Lipinski definition) is 2. The SMILES string of the molecule is CNC(C)c1cccn1Cc1cn2ccccc2n1.